The zero-order chi connectivity index (χ0) is 17.5. The Bertz CT molecular complexity index is 779. The van der Waals surface area contributed by atoms with Gasteiger partial charge in [0.05, 0.1) is 0 Å². The molecule has 128 valence electrons. The Balaban J connectivity index is 1.73. The molecule has 0 bridgehead atoms. The van der Waals surface area contributed by atoms with Gasteiger partial charge in [0.15, 0.2) is 0 Å². The molecule has 0 aromatic heterocycles. The van der Waals surface area contributed by atoms with Crippen molar-refractivity contribution in [1.29, 1.82) is 0 Å². The third-order valence-electron chi connectivity index (χ3n) is 4.85. The third kappa shape index (κ3) is 4.82. The fourth-order valence-corrected chi connectivity index (χ4v) is 3.24. The molecule has 0 nitrogen and oxygen atoms in total. The molecule has 0 atom stereocenters. The molecule has 0 heterocycles. The molecule has 0 aliphatic heterocycles. The van der Waals surface area contributed by atoms with Crippen LogP contribution in [0.25, 0.3) is 22.3 Å². The van der Waals surface area contributed by atoms with Crippen LogP contribution in [0.5, 0.6) is 0 Å². The van der Waals surface area contributed by atoms with Crippen LogP contribution in [0.1, 0.15) is 43.7 Å². The molecule has 0 aliphatic carbocycles. The second-order valence-corrected chi connectivity index (χ2v) is 6.95. The standard InChI is InChI=1S/C25H28/c1-3-4-5-6-8-21-13-17-23(18-14-21)25-10-7-9-24(19-25)22-15-11-20(2)12-16-22/h7,9-19H,3-6,8H2,1-2H3. The molecule has 0 unspecified atom stereocenters. The summed E-state index contributed by atoms with van der Waals surface area (Å²) in [7, 11) is 0. The van der Waals surface area contributed by atoms with Crippen molar-refractivity contribution in [3.63, 3.8) is 0 Å². The maximum atomic E-state index is 2.29. The first-order valence-corrected chi connectivity index (χ1v) is 9.52. The maximum absolute atomic E-state index is 2.29. The summed E-state index contributed by atoms with van der Waals surface area (Å²) >= 11 is 0. The van der Waals surface area contributed by atoms with Crippen molar-refractivity contribution >= 4 is 0 Å². The zero-order valence-electron chi connectivity index (χ0n) is 15.5. The lowest BCUT2D eigenvalue weighted by Crippen LogP contribution is -1.87. The average Bonchev–Trinajstić information content (AvgIpc) is 2.66. The van der Waals surface area contributed by atoms with Crippen molar-refractivity contribution in [3.05, 3.63) is 83.9 Å². The number of benzene rings is 3. The van der Waals surface area contributed by atoms with Crippen molar-refractivity contribution in [2.75, 3.05) is 0 Å². The molecule has 3 rings (SSSR count). The number of aryl methyl sites for hydroxylation is 2. The van der Waals surface area contributed by atoms with Crippen molar-refractivity contribution in [2.45, 2.75) is 46.0 Å². The van der Waals surface area contributed by atoms with Gasteiger partial charge < -0.3 is 0 Å². The molecule has 0 fully saturated rings. The predicted octanol–water partition coefficient (Wildman–Crippen LogP) is 7.45. The molecule has 0 heteroatoms. The van der Waals surface area contributed by atoms with E-state index in [1.165, 1.54) is 65.5 Å². The van der Waals surface area contributed by atoms with Crippen LogP contribution in [-0.4, -0.2) is 0 Å². The molecule has 3 aromatic carbocycles. The second kappa shape index (κ2) is 8.67. The van der Waals surface area contributed by atoms with Gasteiger partial charge in [-0.05, 0) is 53.6 Å². The van der Waals surface area contributed by atoms with E-state index in [1.807, 2.05) is 0 Å². The van der Waals surface area contributed by atoms with E-state index < -0.39 is 0 Å². The third-order valence-corrected chi connectivity index (χ3v) is 4.85. The number of hydrogen-bond acceptors (Lipinski definition) is 0. The minimum atomic E-state index is 1.20. The SMILES string of the molecule is CCCCCCc1ccc(-c2cccc(-c3ccc(C)cc3)c2)cc1. The lowest BCUT2D eigenvalue weighted by Gasteiger charge is -2.08. The zero-order valence-corrected chi connectivity index (χ0v) is 15.5. The molecule has 0 N–H and O–H groups in total. The number of rotatable bonds is 7. The first-order valence-electron chi connectivity index (χ1n) is 9.52. The number of hydrogen-bond donors (Lipinski definition) is 0. The highest BCUT2D eigenvalue weighted by Gasteiger charge is 2.02. The molecule has 0 radical (unpaired) electrons. The van der Waals surface area contributed by atoms with Crippen LogP contribution in [0.3, 0.4) is 0 Å². The molecule has 0 saturated carbocycles. The van der Waals surface area contributed by atoms with Gasteiger partial charge in [-0.25, -0.2) is 0 Å². The van der Waals surface area contributed by atoms with Crippen molar-refractivity contribution in [1.82, 2.24) is 0 Å². The largest absolute Gasteiger partial charge is 0.0654 e. The Kier molecular flexibility index (Phi) is 6.06. The van der Waals surface area contributed by atoms with Crippen molar-refractivity contribution in [3.8, 4) is 22.3 Å². The first kappa shape index (κ1) is 17.5. The summed E-state index contributed by atoms with van der Waals surface area (Å²) in [6, 6.07) is 26.7. The summed E-state index contributed by atoms with van der Waals surface area (Å²) < 4.78 is 0. The summed E-state index contributed by atoms with van der Waals surface area (Å²) in [5, 5.41) is 0. The molecular weight excluding hydrogens is 300 g/mol. The number of unbranched alkanes of at least 4 members (excludes halogenated alkanes) is 3. The van der Waals surface area contributed by atoms with Crippen LogP contribution >= 0.6 is 0 Å². The summed E-state index contributed by atoms with van der Waals surface area (Å²) in [5.74, 6) is 0. The Morgan fingerprint density at radius 2 is 1.20 bits per heavy atom. The normalized spacial score (nSPS) is 10.8. The molecule has 3 aromatic rings. The smallest absolute Gasteiger partial charge is 0.0178 e. The van der Waals surface area contributed by atoms with Gasteiger partial charge in [-0.15, -0.1) is 0 Å². The van der Waals surface area contributed by atoms with E-state index in [9.17, 15) is 0 Å². The minimum Gasteiger partial charge on any atom is -0.0654 e. The van der Waals surface area contributed by atoms with E-state index in [0.717, 1.165) is 0 Å². The summed E-state index contributed by atoms with van der Waals surface area (Å²) in [6.45, 7) is 4.39. The lowest BCUT2D eigenvalue weighted by atomic mass is 9.97. The molecular formula is C25H28. The van der Waals surface area contributed by atoms with Crippen LogP contribution < -0.4 is 0 Å². The first-order chi connectivity index (χ1) is 12.3. The van der Waals surface area contributed by atoms with Gasteiger partial charge in [0.25, 0.3) is 0 Å². The van der Waals surface area contributed by atoms with E-state index >= 15 is 0 Å². The highest BCUT2D eigenvalue weighted by molar-refractivity contribution is 5.73. The summed E-state index contributed by atoms with van der Waals surface area (Å²) in [6.07, 6.45) is 6.50. The van der Waals surface area contributed by atoms with Crippen LogP contribution in [0.15, 0.2) is 72.8 Å². The Labute approximate surface area is 152 Å². The summed E-state index contributed by atoms with van der Waals surface area (Å²) in [4.78, 5) is 0. The maximum Gasteiger partial charge on any atom is -0.0178 e. The van der Waals surface area contributed by atoms with Gasteiger partial charge in [-0.2, -0.15) is 0 Å². The van der Waals surface area contributed by atoms with E-state index in [4.69, 9.17) is 0 Å². The Morgan fingerprint density at radius 1 is 0.600 bits per heavy atom. The van der Waals surface area contributed by atoms with Crippen LogP contribution in [0, 0.1) is 6.92 Å². The monoisotopic (exact) mass is 328 g/mol. The molecule has 0 amide bonds. The van der Waals surface area contributed by atoms with Gasteiger partial charge in [0.1, 0.15) is 0 Å². The lowest BCUT2D eigenvalue weighted by molar-refractivity contribution is 0.667. The van der Waals surface area contributed by atoms with E-state index in [1.54, 1.807) is 0 Å². The van der Waals surface area contributed by atoms with Crippen LogP contribution in [0.4, 0.5) is 0 Å². The summed E-state index contributed by atoms with van der Waals surface area (Å²) in [5.41, 5.74) is 7.90. The topological polar surface area (TPSA) is 0 Å². The highest BCUT2D eigenvalue weighted by atomic mass is 14.1. The van der Waals surface area contributed by atoms with Crippen LogP contribution in [-0.2, 0) is 6.42 Å². The highest BCUT2D eigenvalue weighted by Crippen LogP contribution is 2.27. The van der Waals surface area contributed by atoms with Crippen molar-refractivity contribution < 1.29 is 0 Å². The Hall–Kier alpha value is -2.34. The molecule has 0 spiro atoms. The second-order valence-electron chi connectivity index (χ2n) is 6.95. The van der Waals surface area contributed by atoms with Gasteiger partial charge in [-0.3, -0.25) is 0 Å². The van der Waals surface area contributed by atoms with Gasteiger partial charge >= 0.3 is 0 Å². The fraction of sp³-hybridized carbons (Fsp3) is 0.280. The average molecular weight is 328 g/mol. The molecule has 0 aliphatic rings. The van der Waals surface area contributed by atoms with Gasteiger partial charge in [0.2, 0.25) is 0 Å². The predicted molar refractivity (Wildman–Crippen MR) is 110 cm³/mol. The molecule has 25 heavy (non-hydrogen) atoms. The molecule has 0 saturated heterocycles. The minimum absolute atomic E-state index is 1.20. The van der Waals surface area contributed by atoms with Gasteiger partial charge in [0, 0.05) is 0 Å². The van der Waals surface area contributed by atoms with E-state index in [2.05, 4.69) is 86.6 Å². The quantitative estimate of drug-likeness (QED) is 0.395. The Morgan fingerprint density at radius 3 is 1.80 bits per heavy atom. The van der Waals surface area contributed by atoms with Gasteiger partial charge in [-0.1, -0.05) is 98.5 Å². The van der Waals surface area contributed by atoms with E-state index in [0.29, 0.717) is 0 Å². The van der Waals surface area contributed by atoms with Crippen molar-refractivity contribution in [2.24, 2.45) is 0 Å². The van der Waals surface area contributed by atoms with E-state index in [-0.39, 0.29) is 0 Å². The fourth-order valence-electron chi connectivity index (χ4n) is 3.24. The van der Waals surface area contributed by atoms with Crippen LogP contribution in [0.2, 0.25) is 0 Å².